The van der Waals surface area contributed by atoms with Gasteiger partial charge in [0.25, 0.3) is 5.91 Å². The van der Waals surface area contributed by atoms with Crippen molar-refractivity contribution in [3.05, 3.63) is 40.3 Å². The monoisotopic (exact) mass is 337 g/mol. The summed E-state index contributed by atoms with van der Waals surface area (Å²) in [4.78, 5) is 12.2. The molecule has 23 heavy (non-hydrogen) atoms. The molecule has 0 aliphatic heterocycles. The number of carbonyl (C=O) groups excluding carboxylic acids is 1. The summed E-state index contributed by atoms with van der Waals surface area (Å²) >= 11 is 5.89. The van der Waals surface area contributed by atoms with Crippen LogP contribution in [0, 0.1) is 12.7 Å². The molecule has 7 heteroatoms. The van der Waals surface area contributed by atoms with Crippen molar-refractivity contribution in [3.63, 3.8) is 0 Å². The minimum absolute atomic E-state index is 0.122. The van der Waals surface area contributed by atoms with E-state index in [1.807, 2.05) is 6.92 Å². The Balaban J connectivity index is 1.65. The average Bonchev–Trinajstić information content (AvgIpc) is 3.28. The highest BCUT2D eigenvalue weighted by Crippen LogP contribution is 2.41. The van der Waals surface area contributed by atoms with E-state index in [-0.39, 0.29) is 16.7 Å². The second-order valence-corrected chi connectivity index (χ2v) is 6.12. The summed E-state index contributed by atoms with van der Waals surface area (Å²) in [7, 11) is 0. The van der Waals surface area contributed by atoms with Gasteiger partial charge in [0.2, 0.25) is 0 Å². The van der Waals surface area contributed by atoms with Gasteiger partial charge in [0.1, 0.15) is 11.6 Å². The molecule has 1 atom stereocenters. The van der Waals surface area contributed by atoms with Crippen LogP contribution in [0.4, 0.5) is 10.2 Å². The smallest absolute Gasteiger partial charge is 0.266 e. The maximum atomic E-state index is 13.0. The van der Waals surface area contributed by atoms with Crippen LogP contribution in [0.1, 0.15) is 36.9 Å². The number of rotatable bonds is 5. The Morgan fingerprint density at radius 3 is 2.91 bits per heavy atom. The van der Waals surface area contributed by atoms with Crippen LogP contribution in [-0.2, 0) is 4.79 Å². The fourth-order valence-corrected chi connectivity index (χ4v) is 2.55. The standard InChI is InChI=1S/C16H17ClFN3O2/c1-8-14(10-3-4-10)20-21-15(8)19-16(22)9(2)23-13-6-5-11(18)7-12(13)17/h5-7,9-10H,3-4H2,1-2H3,(H2,19,20,21,22)/t9-/m0/s1. The molecule has 1 aromatic carbocycles. The SMILES string of the molecule is Cc1c(NC(=O)[C@H](C)Oc2ccc(F)cc2Cl)n[nH]c1C1CC1. The molecule has 1 saturated carbocycles. The van der Waals surface area contributed by atoms with E-state index in [9.17, 15) is 9.18 Å². The van der Waals surface area contributed by atoms with Crippen LogP contribution in [0.15, 0.2) is 18.2 Å². The van der Waals surface area contributed by atoms with Gasteiger partial charge >= 0.3 is 0 Å². The maximum Gasteiger partial charge on any atom is 0.266 e. The lowest BCUT2D eigenvalue weighted by molar-refractivity contribution is -0.122. The largest absolute Gasteiger partial charge is 0.479 e. The molecule has 5 nitrogen and oxygen atoms in total. The molecule has 3 rings (SSSR count). The number of benzene rings is 1. The highest BCUT2D eigenvalue weighted by Gasteiger charge is 2.29. The topological polar surface area (TPSA) is 67.0 Å². The predicted molar refractivity (Wildman–Crippen MR) is 85.4 cm³/mol. The predicted octanol–water partition coefficient (Wildman–Crippen LogP) is 3.79. The van der Waals surface area contributed by atoms with Crippen LogP contribution >= 0.6 is 11.6 Å². The van der Waals surface area contributed by atoms with Gasteiger partial charge in [0.05, 0.1) is 5.02 Å². The fraction of sp³-hybridized carbons (Fsp3) is 0.375. The summed E-state index contributed by atoms with van der Waals surface area (Å²) in [5.41, 5.74) is 2.03. The number of ether oxygens (including phenoxy) is 1. The van der Waals surface area contributed by atoms with Crippen molar-refractivity contribution in [1.29, 1.82) is 0 Å². The Morgan fingerprint density at radius 2 is 2.26 bits per heavy atom. The van der Waals surface area contributed by atoms with E-state index in [4.69, 9.17) is 16.3 Å². The van der Waals surface area contributed by atoms with Crippen LogP contribution in [0.25, 0.3) is 0 Å². The van der Waals surface area contributed by atoms with Gasteiger partial charge in [0.15, 0.2) is 11.9 Å². The molecular formula is C16H17ClFN3O2. The van der Waals surface area contributed by atoms with E-state index in [2.05, 4.69) is 15.5 Å². The second kappa shape index (κ2) is 6.20. The van der Waals surface area contributed by atoms with Crippen molar-refractivity contribution in [1.82, 2.24) is 10.2 Å². The van der Waals surface area contributed by atoms with Gasteiger partial charge in [0, 0.05) is 17.2 Å². The minimum Gasteiger partial charge on any atom is -0.479 e. The fourth-order valence-electron chi connectivity index (χ4n) is 2.34. The Hall–Kier alpha value is -2.08. The molecule has 0 radical (unpaired) electrons. The number of halogens is 2. The number of anilines is 1. The molecule has 122 valence electrons. The Kier molecular flexibility index (Phi) is 4.26. The number of hydrogen-bond acceptors (Lipinski definition) is 3. The van der Waals surface area contributed by atoms with Crippen LogP contribution in [0.5, 0.6) is 5.75 Å². The molecule has 0 unspecified atom stereocenters. The second-order valence-electron chi connectivity index (χ2n) is 5.71. The van der Waals surface area contributed by atoms with Crippen LogP contribution in [0.2, 0.25) is 5.02 Å². The lowest BCUT2D eigenvalue weighted by atomic mass is 10.2. The summed E-state index contributed by atoms with van der Waals surface area (Å²) < 4.78 is 18.5. The average molecular weight is 338 g/mol. The minimum atomic E-state index is -0.793. The van der Waals surface area contributed by atoms with Gasteiger partial charge in [-0.2, -0.15) is 5.10 Å². The summed E-state index contributed by atoms with van der Waals surface area (Å²) in [6.45, 7) is 3.52. The lowest BCUT2D eigenvalue weighted by Crippen LogP contribution is -2.30. The normalized spacial score (nSPS) is 15.3. The molecule has 1 aliphatic carbocycles. The molecule has 1 fully saturated rings. The Morgan fingerprint density at radius 1 is 1.52 bits per heavy atom. The van der Waals surface area contributed by atoms with Crippen molar-refractivity contribution < 1.29 is 13.9 Å². The van der Waals surface area contributed by atoms with Gasteiger partial charge in [-0.1, -0.05) is 11.6 Å². The van der Waals surface area contributed by atoms with Crippen LogP contribution in [0.3, 0.4) is 0 Å². The van der Waals surface area contributed by atoms with Crippen molar-refractivity contribution in [2.75, 3.05) is 5.32 Å². The molecule has 2 aromatic rings. The van der Waals surface area contributed by atoms with Crippen LogP contribution < -0.4 is 10.1 Å². The summed E-state index contributed by atoms with van der Waals surface area (Å²) in [6.07, 6.45) is 1.51. The van der Waals surface area contributed by atoms with Gasteiger partial charge < -0.3 is 10.1 Å². The van der Waals surface area contributed by atoms with E-state index in [1.165, 1.54) is 12.1 Å². The van der Waals surface area contributed by atoms with Gasteiger partial charge in [-0.15, -0.1) is 0 Å². The third-order valence-corrected chi connectivity index (χ3v) is 4.14. The zero-order valence-corrected chi connectivity index (χ0v) is 13.6. The number of amides is 1. The molecule has 2 N–H and O–H groups in total. The van der Waals surface area contributed by atoms with Crippen molar-refractivity contribution in [2.45, 2.75) is 38.7 Å². The molecule has 1 heterocycles. The molecule has 1 aliphatic rings. The van der Waals surface area contributed by atoms with Crippen LogP contribution in [-0.4, -0.2) is 22.2 Å². The zero-order chi connectivity index (χ0) is 16.6. The number of aromatic amines is 1. The Bertz CT molecular complexity index is 743. The van der Waals surface area contributed by atoms with E-state index >= 15 is 0 Å². The van der Waals surface area contributed by atoms with E-state index in [0.29, 0.717) is 11.7 Å². The van der Waals surface area contributed by atoms with E-state index in [0.717, 1.165) is 30.2 Å². The number of hydrogen-bond donors (Lipinski definition) is 2. The van der Waals surface area contributed by atoms with Crippen molar-refractivity contribution in [3.8, 4) is 5.75 Å². The molecular weight excluding hydrogens is 321 g/mol. The summed E-state index contributed by atoms with van der Waals surface area (Å²) in [5, 5.41) is 9.99. The number of H-pyrrole nitrogens is 1. The third kappa shape index (κ3) is 3.47. The molecule has 0 bridgehead atoms. The first-order valence-corrected chi connectivity index (χ1v) is 7.81. The van der Waals surface area contributed by atoms with Crippen molar-refractivity contribution >= 4 is 23.3 Å². The first-order valence-electron chi connectivity index (χ1n) is 7.43. The molecule has 1 amide bonds. The highest BCUT2D eigenvalue weighted by atomic mass is 35.5. The maximum absolute atomic E-state index is 13.0. The summed E-state index contributed by atoms with van der Waals surface area (Å²) in [5.74, 6) is 0.493. The lowest BCUT2D eigenvalue weighted by Gasteiger charge is -2.15. The van der Waals surface area contributed by atoms with Crippen molar-refractivity contribution in [2.24, 2.45) is 0 Å². The molecule has 0 spiro atoms. The number of carbonyl (C=O) groups is 1. The quantitative estimate of drug-likeness (QED) is 0.872. The first kappa shape index (κ1) is 15.8. The molecule has 1 aromatic heterocycles. The molecule has 0 saturated heterocycles. The van der Waals surface area contributed by atoms with E-state index < -0.39 is 11.9 Å². The number of aromatic nitrogens is 2. The highest BCUT2D eigenvalue weighted by molar-refractivity contribution is 6.32. The third-order valence-electron chi connectivity index (χ3n) is 3.84. The van der Waals surface area contributed by atoms with Gasteiger partial charge in [-0.3, -0.25) is 9.89 Å². The number of nitrogens with one attached hydrogen (secondary N) is 2. The van der Waals surface area contributed by atoms with Gasteiger partial charge in [-0.05, 0) is 44.9 Å². The number of nitrogens with zero attached hydrogens (tertiary/aromatic N) is 1. The van der Waals surface area contributed by atoms with Gasteiger partial charge in [-0.25, -0.2) is 4.39 Å². The van der Waals surface area contributed by atoms with E-state index in [1.54, 1.807) is 6.92 Å². The first-order chi connectivity index (χ1) is 11.0. The zero-order valence-electron chi connectivity index (χ0n) is 12.8. The Labute approximate surface area is 138 Å². The summed E-state index contributed by atoms with van der Waals surface area (Å²) in [6, 6.07) is 3.76.